The number of allylic oxidation sites excluding steroid dienone is 2. The van der Waals surface area contributed by atoms with E-state index < -0.39 is 0 Å². The fraction of sp³-hybridized carbons (Fsp3) is 0.0556. The van der Waals surface area contributed by atoms with Crippen LogP contribution in [0, 0.1) is 6.92 Å². The van der Waals surface area contributed by atoms with E-state index in [-0.39, 0.29) is 5.78 Å². The SMILES string of the molecule is C=CC(=O)C=Cc1ccccc1-c1ccccc1C. The summed E-state index contributed by atoms with van der Waals surface area (Å²) < 4.78 is 0. The molecule has 0 saturated carbocycles. The van der Waals surface area contributed by atoms with E-state index in [1.54, 1.807) is 6.08 Å². The van der Waals surface area contributed by atoms with Crippen LogP contribution in [0.25, 0.3) is 17.2 Å². The van der Waals surface area contributed by atoms with Crippen molar-refractivity contribution in [2.75, 3.05) is 0 Å². The van der Waals surface area contributed by atoms with Gasteiger partial charge in [0.2, 0.25) is 0 Å². The van der Waals surface area contributed by atoms with Crippen LogP contribution in [0.15, 0.2) is 67.3 Å². The van der Waals surface area contributed by atoms with Gasteiger partial charge >= 0.3 is 0 Å². The monoisotopic (exact) mass is 248 g/mol. The van der Waals surface area contributed by atoms with E-state index in [1.807, 2.05) is 36.4 Å². The van der Waals surface area contributed by atoms with Crippen molar-refractivity contribution >= 4 is 11.9 Å². The molecule has 2 aromatic carbocycles. The third-order valence-electron chi connectivity index (χ3n) is 3.02. The largest absolute Gasteiger partial charge is 0.290 e. The Morgan fingerprint density at radius 2 is 1.63 bits per heavy atom. The van der Waals surface area contributed by atoms with Crippen molar-refractivity contribution in [3.8, 4) is 11.1 Å². The molecule has 1 nitrogen and oxygen atoms in total. The van der Waals surface area contributed by atoms with E-state index in [0.29, 0.717) is 0 Å². The zero-order chi connectivity index (χ0) is 13.7. The molecule has 1 heteroatoms. The maximum absolute atomic E-state index is 11.3. The van der Waals surface area contributed by atoms with Crippen molar-refractivity contribution in [2.45, 2.75) is 6.92 Å². The lowest BCUT2D eigenvalue weighted by Crippen LogP contribution is -1.88. The molecule has 0 atom stereocenters. The first-order valence-corrected chi connectivity index (χ1v) is 6.22. The second-order valence-corrected chi connectivity index (χ2v) is 4.34. The minimum atomic E-state index is -0.0837. The summed E-state index contributed by atoms with van der Waals surface area (Å²) in [5, 5.41) is 0. The normalized spacial score (nSPS) is 10.6. The summed E-state index contributed by atoms with van der Waals surface area (Å²) in [4.78, 5) is 11.3. The standard InChI is InChI=1S/C18H16O/c1-3-16(19)13-12-15-9-5-7-11-18(15)17-10-6-4-8-14(17)2/h3-13H,1H2,2H3. The molecular weight excluding hydrogens is 232 g/mol. The summed E-state index contributed by atoms with van der Waals surface area (Å²) in [7, 11) is 0. The van der Waals surface area contributed by atoms with E-state index in [0.717, 1.165) is 11.1 Å². The molecule has 94 valence electrons. The second-order valence-electron chi connectivity index (χ2n) is 4.34. The molecule has 2 rings (SSSR count). The number of aryl methyl sites for hydroxylation is 1. The predicted molar refractivity (Wildman–Crippen MR) is 80.9 cm³/mol. The average Bonchev–Trinajstić information content (AvgIpc) is 2.45. The quantitative estimate of drug-likeness (QED) is 0.731. The van der Waals surface area contributed by atoms with Gasteiger partial charge < -0.3 is 0 Å². The van der Waals surface area contributed by atoms with E-state index in [4.69, 9.17) is 0 Å². The Morgan fingerprint density at radius 3 is 2.32 bits per heavy atom. The van der Waals surface area contributed by atoms with Crippen LogP contribution < -0.4 is 0 Å². The van der Waals surface area contributed by atoms with Crippen LogP contribution in [-0.4, -0.2) is 5.78 Å². The first-order chi connectivity index (χ1) is 9.22. The van der Waals surface area contributed by atoms with Gasteiger partial charge in [-0.05, 0) is 41.3 Å². The molecule has 0 bridgehead atoms. The highest BCUT2D eigenvalue weighted by Gasteiger charge is 2.04. The highest BCUT2D eigenvalue weighted by molar-refractivity contribution is 6.02. The Kier molecular flexibility index (Phi) is 4.09. The van der Waals surface area contributed by atoms with Crippen LogP contribution in [0.5, 0.6) is 0 Å². The topological polar surface area (TPSA) is 17.1 Å². The molecule has 0 radical (unpaired) electrons. The van der Waals surface area contributed by atoms with Gasteiger partial charge in [0, 0.05) is 0 Å². The minimum Gasteiger partial charge on any atom is -0.290 e. The van der Waals surface area contributed by atoms with Gasteiger partial charge in [0.25, 0.3) is 0 Å². The van der Waals surface area contributed by atoms with Crippen LogP contribution in [0.2, 0.25) is 0 Å². The number of rotatable bonds is 4. The minimum absolute atomic E-state index is 0.0837. The fourth-order valence-corrected chi connectivity index (χ4v) is 2.00. The Morgan fingerprint density at radius 1 is 1.00 bits per heavy atom. The third kappa shape index (κ3) is 3.08. The van der Waals surface area contributed by atoms with Crippen LogP contribution in [-0.2, 0) is 4.79 Å². The van der Waals surface area contributed by atoms with E-state index >= 15 is 0 Å². The lowest BCUT2D eigenvalue weighted by atomic mass is 9.96. The molecule has 0 amide bonds. The highest BCUT2D eigenvalue weighted by atomic mass is 16.1. The molecule has 0 aliphatic heterocycles. The van der Waals surface area contributed by atoms with E-state index in [2.05, 4.69) is 31.7 Å². The molecule has 0 spiro atoms. The number of carbonyl (C=O) groups excluding carboxylic acids is 1. The predicted octanol–water partition coefficient (Wildman–Crippen LogP) is 4.43. The first kappa shape index (κ1) is 13.0. The zero-order valence-corrected chi connectivity index (χ0v) is 11.0. The van der Waals surface area contributed by atoms with Gasteiger partial charge in [-0.1, -0.05) is 61.2 Å². The van der Waals surface area contributed by atoms with Crippen molar-refractivity contribution < 1.29 is 4.79 Å². The number of ketones is 1. The summed E-state index contributed by atoms with van der Waals surface area (Å²) in [6, 6.07) is 16.3. The average molecular weight is 248 g/mol. The van der Waals surface area contributed by atoms with Crippen LogP contribution in [0.4, 0.5) is 0 Å². The van der Waals surface area contributed by atoms with Gasteiger partial charge in [0.1, 0.15) is 0 Å². The Bertz CT molecular complexity index is 636. The Labute approximate surface area is 113 Å². The lowest BCUT2D eigenvalue weighted by Gasteiger charge is -2.09. The summed E-state index contributed by atoms with van der Waals surface area (Å²) in [6.45, 7) is 5.55. The summed E-state index contributed by atoms with van der Waals surface area (Å²) in [5.41, 5.74) is 4.58. The molecule has 2 aromatic rings. The van der Waals surface area contributed by atoms with Gasteiger partial charge in [-0.3, -0.25) is 4.79 Å². The van der Waals surface area contributed by atoms with Gasteiger partial charge in [-0.15, -0.1) is 0 Å². The Balaban J connectivity index is 2.48. The van der Waals surface area contributed by atoms with Crippen LogP contribution >= 0.6 is 0 Å². The van der Waals surface area contributed by atoms with Crippen molar-refractivity contribution in [1.29, 1.82) is 0 Å². The van der Waals surface area contributed by atoms with Gasteiger partial charge in [-0.25, -0.2) is 0 Å². The molecule has 0 aliphatic carbocycles. The molecular formula is C18H16O. The van der Waals surface area contributed by atoms with Crippen molar-refractivity contribution in [3.05, 3.63) is 78.4 Å². The lowest BCUT2D eigenvalue weighted by molar-refractivity contribution is -0.110. The highest BCUT2D eigenvalue weighted by Crippen LogP contribution is 2.27. The molecule has 0 fully saturated rings. The first-order valence-electron chi connectivity index (χ1n) is 6.22. The number of hydrogen-bond acceptors (Lipinski definition) is 1. The summed E-state index contributed by atoms with van der Waals surface area (Å²) in [5.74, 6) is -0.0837. The fourth-order valence-electron chi connectivity index (χ4n) is 2.00. The molecule has 19 heavy (non-hydrogen) atoms. The summed E-state index contributed by atoms with van der Waals surface area (Å²) in [6.07, 6.45) is 4.70. The Hall–Kier alpha value is -2.41. The number of hydrogen-bond donors (Lipinski definition) is 0. The molecule has 0 aliphatic rings. The molecule has 0 heterocycles. The van der Waals surface area contributed by atoms with Gasteiger partial charge in [-0.2, -0.15) is 0 Å². The van der Waals surface area contributed by atoms with E-state index in [9.17, 15) is 4.79 Å². The van der Waals surface area contributed by atoms with Gasteiger partial charge in [0.05, 0.1) is 0 Å². The van der Waals surface area contributed by atoms with Crippen molar-refractivity contribution in [2.24, 2.45) is 0 Å². The number of benzene rings is 2. The van der Waals surface area contributed by atoms with Crippen LogP contribution in [0.1, 0.15) is 11.1 Å². The maximum Gasteiger partial charge on any atom is 0.178 e. The van der Waals surface area contributed by atoms with Crippen LogP contribution in [0.3, 0.4) is 0 Å². The van der Waals surface area contributed by atoms with E-state index in [1.165, 1.54) is 17.2 Å². The zero-order valence-electron chi connectivity index (χ0n) is 11.0. The number of carbonyl (C=O) groups is 1. The smallest absolute Gasteiger partial charge is 0.178 e. The van der Waals surface area contributed by atoms with Crippen molar-refractivity contribution in [3.63, 3.8) is 0 Å². The third-order valence-corrected chi connectivity index (χ3v) is 3.02. The summed E-state index contributed by atoms with van der Waals surface area (Å²) >= 11 is 0. The second kappa shape index (κ2) is 5.96. The molecule has 0 saturated heterocycles. The maximum atomic E-state index is 11.3. The molecule has 0 N–H and O–H groups in total. The van der Waals surface area contributed by atoms with Gasteiger partial charge in [0.15, 0.2) is 5.78 Å². The molecule has 0 aromatic heterocycles. The molecule has 0 unspecified atom stereocenters. The van der Waals surface area contributed by atoms with Crippen molar-refractivity contribution in [1.82, 2.24) is 0 Å².